The van der Waals surface area contributed by atoms with E-state index in [2.05, 4.69) is 26.5 Å². The maximum Gasteiger partial charge on any atom is 0.349 e. The van der Waals surface area contributed by atoms with Gasteiger partial charge in [-0.1, -0.05) is 12.1 Å². The van der Waals surface area contributed by atoms with Crippen LogP contribution in [-0.4, -0.2) is 53.1 Å². The smallest absolute Gasteiger partial charge is 0.349 e. The Hall–Kier alpha value is -1.94. The molecule has 1 unspecified atom stereocenters. The number of benzene rings is 1. The van der Waals surface area contributed by atoms with Crippen molar-refractivity contribution in [2.45, 2.75) is 23.8 Å². The van der Waals surface area contributed by atoms with E-state index in [0.717, 1.165) is 36.5 Å². The van der Waals surface area contributed by atoms with E-state index in [4.69, 9.17) is 4.74 Å². The van der Waals surface area contributed by atoms with Crippen molar-refractivity contribution in [3.63, 3.8) is 0 Å². The summed E-state index contributed by atoms with van der Waals surface area (Å²) in [4.78, 5) is 14.1. The zero-order valence-electron chi connectivity index (χ0n) is 15.9. The maximum absolute atomic E-state index is 12.6. The van der Waals surface area contributed by atoms with Crippen molar-refractivity contribution < 1.29 is 22.7 Å². The SMILES string of the molecule is COC(=O)c1sccc1S(=O)(=O)NCCN1CCCC1c1ccc(OC)cc1. The lowest BCUT2D eigenvalue weighted by molar-refractivity contribution is 0.0602. The Labute approximate surface area is 169 Å². The molecule has 0 radical (unpaired) electrons. The monoisotopic (exact) mass is 424 g/mol. The molecule has 1 fully saturated rings. The summed E-state index contributed by atoms with van der Waals surface area (Å²) in [5.41, 5.74) is 1.20. The van der Waals surface area contributed by atoms with Crippen LogP contribution in [-0.2, 0) is 14.8 Å². The number of rotatable bonds is 8. The van der Waals surface area contributed by atoms with Crippen LogP contribution in [0.5, 0.6) is 5.75 Å². The summed E-state index contributed by atoms with van der Waals surface area (Å²) in [5.74, 6) is 0.174. The van der Waals surface area contributed by atoms with Gasteiger partial charge in [0.1, 0.15) is 15.5 Å². The van der Waals surface area contributed by atoms with Crippen molar-refractivity contribution in [3.8, 4) is 5.75 Å². The van der Waals surface area contributed by atoms with Gasteiger partial charge < -0.3 is 9.47 Å². The van der Waals surface area contributed by atoms with Gasteiger partial charge in [-0.25, -0.2) is 17.9 Å². The van der Waals surface area contributed by atoms with Crippen LogP contribution >= 0.6 is 11.3 Å². The van der Waals surface area contributed by atoms with Crippen molar-refractivity contribution in [2.75, 3.05) is 33.9 Å². The number of hydrogen-bond acceptors (Lipinski definition) is 7. The first-order valence-electron chi connectivity index (χ1n) is 8.99. The van der Waals surface area contributed by atoms with E-state index in [1.54, 1.807) is 12.5 Å². The zero-order valence-corrected chi connectivity index (χ0v) is 17.5. The molecule has 2 aromatic rings. The maximum atomic E-state index is 12.6. The van der Waals surface area contributed by atoms with Crippen LogP contribution in [0.1, 0.15) is 34.1 Å². The topological polar surface area (TPSA) is 84.9 Å². The van der Waals surface area contributed by atoms with E-state index >= 15 is 0 Å². The summed E-state index contributed by atoms with van der Waals surface area (Å²) in [6.07, 6.45) is 2.11. The number of hydrogen-bond donors (Lipinski definition) is 1. The van der Waals surface area contributed by atoms with Crippen molar-refractivity contribution in [1.29, 1.82) is 0 Å². The van der Waals surface area contributed by atoms with Gasteiger partial charge in [-0.15, -0.1) is 11.3 Å². The molecule has 0 saturated carbocycles. The average molecular weight is 425 g/mol. The Balaban J connectivity index is 1.62. The summed E-state index contributed by atoms with van der Waals surface area (Å²) in [6.45, 7) is 1.78. The molecule has 0 bridgehead atoms. The Kier molecular flexibility index (Phi) is 6.71. The zero-order chi connectivity index (χ0) is 20.1. The Morgan fingerprint density at radius 3 is 2.68 bits per heavy atom. The van der Waals surface area contributed by atoms with Gasteiger partial charge in [-0.2, -0.15) is 0 Å². The number of carbonyl (C=O) groups excluding carboxylic acids is 1. The van der Waals surface area contributed by atoms with Gasteiger partial charge >= 0.3 is 5.97 Å². The largest absolute Gasteiger partial charge is 0.497 e. The first kappa shape index (κ1) is 20.8. The van der Waals surface area contributed by atoms with Gasteiger partial charge in [0.25, 0.3) is 0 Å². The molecular weight excluding hydrogens is 400 g/mol. The van der Waals surface area contributed by atoms with Gasteiger partial charge in [0, 0.05) is 19.1 Å². The van der Waals surface area contributed by atoms with E-state index in [1.165, 1.54) is 18.7 Å². The van der Waals surface area contributed by atoms with Gasteiger partial charge in [-0.05, 0) is 48.5 Å². The fourth-order valence-electron chi connectivity index (χ4n) is 3.45. The van der Waals surface area contributed by atoms with Gasteiger partial charge in [0.05, 0.1) is 14.2 Å². The fraction of sp³-hybridized carbons (Fsp3) is 0.421. The Bertz CT molecular complexity index is 909. The highest BCUT2D eigenvalue weighted by molar-refractivity contribution is 7.89. The molecule has 152 valence electrons. The lowest BCUT2D eigenvalue weighted by Gasteiger charge is -2.25. The van der Waals surface area contributed by atoms with Crippen molar-refractivity contribution in [1.82, 2.24) is 9.62 Å². The van der Waals surface area contributed by atoms with Gasteiger partial charge in [0.2, 0.25) is 10.0 Å². The van der Waals surface area contributed by atoms with E-state index in [9.17, 15) is 13.2 Å². The quantitative estimate of drug-likeness (QED) is 0.656. The van der Waals surface area contributed by atoms with Crippen molar-refractivity contribution >= 4 is 27.3 Å². The number of thiophene rings is 1. The van der Waals surface area contributed by atoms with Gasteiger partial charge in [-0.3, -0.25) is 4.90 Å². The molecule has 3 rings (SSSR count). The minimum absolute atomic E-state index is 0.0301. The number of ether oxygens (including phenoxy) is 2. The lowest BCUT2D eigenvalue weighted by Crippen LogP contribution is -2.35. The van der Waals surface area contributed by atoms with Gasteiger partial charge in [0.15, 0.2) is 0 Å². The second-order valence-corrected chi connectivity index (χ2v) is 9.12. The van der Waals surface area contributed by atoms with Crippen molar-refractivity contribution in [3.05, 3.63) is 46.2 Å². The molecule has 9 heteroatoms. The van der Waals surface area contributed by atoms with Crippen LogP contribution in [0.4, 0.5) is 0 Å². The third-order valence-corrected chi connectivity index (χ3v) is 7.37. The summed E-state index contributed by atoms with van der Waals surface area (Å²) in [5, 5.41) is 1.57. The molecule has 28 heavy (non-hydrogen) atoms. The van der Waals surface area contributed by atoms with Crippen LogP contribution in [0.3, 0.4) is 0 Å². The molecule has 1 atom stereocenters. The highest BCUT2D eigenvalue weighted by Crippen LogP contribution is 2.32. The highest BCUT2D eigenvalue weighted by Gasteiger charge is 2.27. The molecule has 1 aliphatic rings. The predicted molar refractivity (Wildman–Crippen MR) is 107 cm³/mol. The van der Waals surface area contributed by atoms with E-state index < -0.39 is 16.0 Å². The number of nitrogens with zero attached hydrogens (tertiary/aromatic N) is 1. The summed E-state index contributed by atoms with van der Waals surface area (Å²) >= 11 is 1.05. The summed E-state index contributed by atoms with van der Waals surface area (Å²) in [7, 11) is -0.894. The van der Waals surface area contributed by atoms with Crippen LogP contribution < -0.4 is 9.46 Å². The Morgan fingerprint density at radius 1 is 1.25 bits per heavy atom. The fourth-order valence-corrected chi connectivity index (χ4v) is 5.80. The summed E-state index contributed by atoms with van der Waals surface area (Å²) < 4.78 is 37.6. The first-order chi connectivity index (χ1) is 13.5. The van der Waals surface area contributed by atoms with Crippen LogP contribution in [0.2, 0.25) is 0 Å². The van der Waals surface area contributed by atoms with E-state index in [1.807, 2.05) is 12.1 Å². The number of nitrogens with one attached hydrogen (secondary N) is 1. The number of esters is 1. The standard InChI is InChI=1S/C19H24N2O5S2/c1-25-15-7-5-14(6-8-15)16-4-3-11-21(16)12-10-20-28(23,24)17-9-13-27-18(17)19(22)26-2/h5-9,13,16,20H,3-4,10-12H2,1-2H3. The molecule has 0 aliphatic carbocycles. The number of sulfonamides is 1. The first-order valence-corrected chi connectivity index (χ1v) is 11.4. The molecule has 1 aromatic carbocycles. The molecule has 1 N–H and O–H groups in total. The van der Waals surface area contributed by atoms with E-state index in [0.29, 0.717) is 6.54 Å². The van der Waals surface area contributed by atoms with Crippen LogP contribution in [0.25, 0.3) is 0 Å². The minimum Gasteiger partial charge on any atom is -0.497 e. The van der Waals surface area contributed by atoms with Crippen LogP contribution in [0, 0.1) is 0 Å². The van der Waals surface area contributed by atoms with Crippen LogP contribution in [0.15, 0.2) is 40.6 Å². The third-order valence-electron chi connectivity index (χ3n) is 4.84. The van der Waals surface area contributed by atoms with Crippen molar-refractivity contribution in [2.24, 2.45) is 0 Å². The molecule has 1 saturated heterocycles. The summed E-state index contributed by atoms with van der Waals surface area (Å²) in [6, 6.07) is 9.69. The number of methoxy groups -OCH3 is 2. The molecule has 0 amide bonds. The molecule has 1 aromatic heterocycles. The minimum atomic E-state index is -3.77. The molecule has 2 heterocycles. The second-order valence-electron chi connectivity index (χ2n) is 6.47. The number of carbonyl (C=O) groups is 1. The second kappa shape index (κ2) is 9.04. The average Bonchev–Trinajstić information content (AvgIpc) is 3.37. The lowest BCUT2D eigenvalue weighted by atomic mass is 10.0. The normalized spacial score (nSPS) is 17.6. The molecule has 1 aliphatic heterocycles. The predicted octanol–water partition coefficient (Wildman–Crippen LogP) is 2.66. The molecule has 0 spiro atoms. The third kappa shape index (κ3) is 4.54. The Morgan fingerprint density at radius 2 is 2.00 bits per heavy atom. The van der Waals surface area contributed by atoms with E-state index in [-0.39, 0.29) is 22.4 Å². The molecular formula is C19H24N2O5S2. The number of likely N-dealkylation sites (tertiary alicyclic amines) is 1. The highest BCUT2D eigenvalue weighted by atomic mass is 32.2. The molecule has 7 nitrogen and oxygen atoms in total.